The van der Waals surface area contributed by atoms with Crippen molar-refractivity contribution in [1.29, 1.82) is 0 Å². The van der Waals surface area contributed by atoms with Crippen LogP contribution in [0.1, 0.15) is 84.5 Å². The Morgan fingerprint density at radius 3 is 1.81 bits per heavy atom. The van der Waals surface area contributed by atoms with Crippen LogP contribution in [-0.4, -0.2) is 11.2 Å². The van der Waals surface area contributed by atoms with Crippen LogP contribution < -0.4 is 0 Å². The summed E-state index contributed by atoms with van der Waals surface area (Å²) >= 11 is 0. The summed E-state index contributed by atoms with van der Waals surface area (Å²) in [5.41, 5.74) is 0. The lowest BCUT2D eigenvalue weighted by molar-refractivity contribution is 0.189. The smallest absolute Gasteiger partial charge is 0.0571 e. The monoisotopic (exact) mass is 227 g/mol. The van der Waals surface area contributed by atoms with E-state index in [0.29, 0.717) is 0 Å². The Hall–Kier alpha value is -0.0400. The van der Waals surface area contributed by atoms with E-state index in [9.17, 15) is 5.11 Å². The third-order valence-corrected chi connectivity index (χ3v) is 3.11. The van der Waals surface area contributed by atoms with Crippen molar-refractivity contribution in [2.75, 3.05) is 0 Å². The van der Waals surface area contributed by atoms with Crippen LogP contribution in [-0.2, 0) is 0 Å². The molecule has 16 heavy (non-hydrogen) atoms. The minimum atomic E-state index is -0.158. The van der Waals surface area contributed by atoms with Gasteiger partial charge in [0, 0.05) is 0 Å². The number of aliphatic hydroxyl groups is 1. The maximum atomic E-state index is 9.49. The highest BCUT2D eigenvalue weighted by atomic mass is 16.3. The summed E-state index contributed by atoms with van der Waals surface area (Å²) in [5, 5.41) is 9.49. The molecule has 1 nitrogen and oxygen atoms in total. The van der Waals surface area contributed by atoms with Crippen LogP contribution in [0.25, 0.3) is 0 Å². The van der Waals surface area contributed by atoms with Gasteiger partial charge in [-0.05, 0) is 12.8 Å². The van der Waals surface area contributed by atoms with Gasteiger partial charge in [0.2, 0.25) is 0 Å². The van der Waals surface area contributed by atoms with E-state index >= 15 is 0 Å². The molecular formula is C15H31O. The van der Waals surface area contributed by atoms with Gasteiger partial charge >= 0.3 is 0 Å². The largest absolute Gasteiger partial charge is 0.393 e. The van der Waals surface area contributed by atoms with E-state index in [0.717, 1.165) is 12.8 Å². The third-order valence-electron chi connectivity index (χ3n) is 3.11. The van der Waals surface area contributed by atoms with Gasteiger partial charge in [-0.25, -0.2) is 0 Å². The molecular weight excluding hydrogens is 196 g/mol. The standard InChI is InChI=1S/C15H31O/c1-3-5-6-7-8-9-10-11-12-14-15(16)13-4-2/h13,15-16H,3-12,14H2,1-2H3. The van der Waals surface area contributed by atoms with Crippen molar-refractivity contribution in [2.45, 2.75) is 90.6 Å². The molecule has 0 amide bonds. The Balaban J connectivity index is 2.98. The van der Waals surface area contributed by atoms with Crippen molar-refractivity contribution in [2.24, 2.45) is 0 Å². The molecule has 0 aliphatic rings. The molecule has 0 aliphatic carbocycles. The summed E-state index contributed by atoms with van der Waals surface area (Å²) in [6.07, 6.45) is 16.0. The summed E-state index contributed by atoms with van der Waals surface area (Å²) in [6.45, 7) is 4.35. The van der Waals surface area contributed by atoms with Gasteiger partial charge in [-0.2, -0.15) is 0 Å². The van der Waals surface area contributed by atoms with Crippen molar-refractivity contribution in [3.05, 3.63) is 6.42 Å². The summed E-state index contributed by atoms with van der Waals surface area (Å²) in [4.78, 5) is 0. The predicted molar refractivity (Wildman–Crippen MR) is 72.4 cm³/mol. The molecule has 1 radical (unpaired) electrons. The molecule has 0 spiro atoms. The van der Waals surface area contributed by atoms with Crippen LogP contribution in [0.4, 0.5) is 0 Å². The molecule has 0 aromatic heterocycles. The highest BCUT2D eigenvalue weighted by Gasteiger charge is 2.01. The molecule has 0 rings (SSSR count). The summed E-state index contributed by atoms with van der Waals surface area (Å²) in [6, 6.07) is 0. The normalized spacial score (nSPS) is 12.9. The van der Waals surface area contributed by atoms with E-state index in [1.165, 1.54) is 57.8 Å². The van der Waals surface area contributed by atoms with Gasteiger partial charge in [-0.3, -0.25) is 0 Å². The molecule has 0 heterocycles. The van der Waals surface area contributed by atoms with E-state index in [1.807, 2.05) is 6.42 Å². The molecule has 0 aliphatic heterocycles. The second-order valence-electron chi connectivity index (χ2n) is 4.83. The third kappa shape index (κ3) is 12.0. The molecule has 1 unspecified atom stereocenters. The van der Waals surface area contributed by atoms with Gasteiger partial charge in [0.25, 0.3) is 0 Å². The van der Waals surface area contributed by atoms with Crippen LogP contribution in [0.3, 0.4) is 0 Å². The van der Waals surface area contributed by atoms with Crippen molar-refractivity contribution in [3.8, 4) is 0 Å². The zero-order valence-corrected chi connectivity index (χ0v) is 11.4. The van der Waals surface area contributed by atoms with Gasteiger partial charge in [-0.15, -0.1) is 0 Å². The SMILES string of the molecule is CC[CH]C(O)CCCCCCCCCCC. The minimum Gasteiger partial charge on any atom is -0.393 e. The number of rotatable bonds is 12. The quantitative estimate of drug-likeness (QED) is 0.471. The highest BCUT2D eigenvalue weighted by Crippen LogP contribution is 2.12. The zero-order chi connectivity index (χ0) is 12.1. The van der Waals surface area contributed by atoms with E-state index in [-0.39, 0.29) is 6.10 Å². The molecule has 0 saturated heterocycles. The maximum Gasteiger partial charge on any atom is 0.0571 e. The summed E-state index contributed by atoms with van der Waals surface area (Å²) in [7, 11) is 0. The lowest BCUT2D eigenvalue weighted by atomic mass is 10.0. The fourth-order valence-corrected chi connectivity index (χ4v) is 2.05. The first-order chi connectivity index (χ1) is 7.81. The van der Waals surface area contributed by atoms with E-state index in [4.69, 9.17) is 0 Å². The Labute approximate surface area is 103 Å². The molecule has 1 heteroatoms. The maximum absolute atomic E-state index is 9.49. The van der Waals surface area contributed by atoms with Gasteiger partial charge in [0.05, 0.1) is 6.10 Å². The number of hydrogen-bond donors (Lipinski definition) is 1. The van der Waals surface area contributed by atoms with Crippen LogP contribution in [0, 0.1) is 6.42 Å². The van der Waals surface area contributed by atoms with Gasteiger partial charge in [-0.1, -0.05) is 78.1 Å². The van der Waals surface area contributed by atoms with Crippen molar-refractivity contribution >= 4 is 0 Å². The molecule has 0 aromatic rings. The summed E-state index contributed by atoms with van der Waals surface area (Å²) in [5.74, 6) is 0. The van der Waals surface area contributed by atoms with Crippen molar-refractivity contribution in [1.82, 2.24) is 0 Å². The van der Waals surface area contributed by atoms with E-state index < -0.39 is 0 Å². The van der Waals surface area contributed by atoms with Crippen molar-refractivity contribution in [3.63, 3.8) is 0 Å². The second-order valence-corrected chi connectivity index (χ2v) is 4.83. The first-order valence-corrected chi connectivity index (χ1v) is 7.32. The number of unbranched alkanes of at least 4 members (excludes halogenated alkanes) is 8. The average molecular weight is 227 g/mol. The fourth-order valence-electron chi connectivity index (χ4n) is 2.05. The molecule has 0 aromatic carbocycles. The number of hydrogen-bond acceptors (Lipinski definition) is 1. The first-order valence-electron chi connectivity index (χ1n) is 7.32. The van der Waals surface area contributed by atoms with Gasteiger partial charge in [0.15, 0.2) is 0 Å². The molecule has 1 atom stereocenters. The zero-order valence-electron chi connectivity index (χ0n) is 11.4. The molecule has 1 N–H and O–H groups in total. The minimum absolute atomic E-state index is 0.158. The number of aliphatic hydroxyl groups excluding tert-OH is 1. The lowest BCUT2D eigenvalue weighted by Gasteiger charge is -2.08. The van der Waals surface area contributed by atoms with Crippen LogP contribution >= 0.6 is 0 Å². The Morgan fingerprint density at radius 1 is 0.812 bits per heavy atom. The average Bonchev–Trinajstić information content (AvgIpc) is 2.27. The fraction of sp³-hybridized carbons (Fsp3) is 0.933. The van der Waals surface area contributed by atoms with Crippen LogP contribution in [0.15, 0.2) is 0 Å². The Morgan fingerprint density at radius 2 is 1.31 bits per heavy atom. The van der Waals surface area contributed by atoms with Crippen molar-refractivity contribution < 1.29 is 5.11 Å². The highest BCUT2D eigenvalue weighted by molar-refractivity contribution is 4.72. The van der Waals surface area contributed by atoms with Crippen LogP contribution in [0.2, 0.25) is 0 Å². The molecule has 97 valence electrons. The van der Waals surface area contributed by atoms with E-state index in [2.05, 4.69) is 13.8 Å². The summed E-state index contributed by atoms with van der Waals surface area (Å²) < 4.78 is 0. The predicted octanol–water partition coefficient (Wildman–Crippen LogP) is 4.88. The van der Waals surface area contributed by atoms with E-state index in [1.54, 1.807) is 0 Å². The first kappa shape index (κ1) is 16.0. The Bertz CT molecular complexity index is 123. The van der Waals surface area contributed by atoms with Gasteiger partial charge < -0.3 is 5.11 Å². The molecule has 0 bridgehead atoms. The Kier molecular flexibility index (Phi) is 13.0. The second kappa shape index (κ2) is 13.0. The van der Waals surface area contributed by atoms with Gasteiger partial charge in [0.1, 0.15) is 0 Å². The lowest BCUT2D eigenvalue weighted by Crippen LogP contribution is -2.05. The molecule has 0 fully saturated rings. The molecule has 0 saturated carbocycles. The topological polar surface area (TPSA) is 20.2 Å². The van der Waals surface area contributed by atoms with Crippen LogP contribution in [0.5, 0.6) is 0 Å².